The zero-order valence-electron chi connectivity index (χ0n) is 15.5. The van der Waals surface area contributed by atoms with E-state index in [4.69, 9.17) is 13.9 Å². The average Bonchev–Trinajstić information content (AvgIpc) is 2.63. The molecule has 140 valence electrons. The van der Waals surface area contributed by atoms with Gasteiger partial charge in [0.05, 0.1) is 18.5 Å². The molecule has 0 bridgehead atoms. The van der Waals surface area contributed by atoms with Crippen LogP contribution in [0, 0.1) is 13.8 Å². The van der Waals surface area contributed by atoms with Crippen molar-refractivity contribution < 1.29 is 23.8 Å². The topological polar surface area (TPSA) is 88.8 Å². The quantitative estimate of drug-likeness (QED) is 0.689. The summed E-state index contributed by atoms with van der Waals surface area (Å²) >= 11 is 0. The van der Waals surface area contributed by atoms with Crippen molar-refractivity contribution in [2.75, 3.05) is 7.11 Å². The normalized spacial score (nSPS) is 12.0. The molecule has 0 aliphatic rings. The molecular weight excluding hydrogens is 348 g/mol. The van der Waals surface area contributed by atoms with Crippen molar-refractivity contribution in [1.82, 2.24) is 0 Å². The van der Waals surface area contributed by atoms with Crippen molar-refractivity contribution in [2.24, 2.45) is 0 Å². The van der Waals surface area contributed by atoms with Crippen LogP contribution < -0.4 is 20.0 Å². The SMILES string of the molecule is COc1ccc(-c2oc3cc(C)cc(C)c3c(=O)c2OC(C)C(=O)[O-])cc1. The number of rotatable bonds is 5. The maximum absolute atomic E-state index is 13.1. The molecular formula is C21H19O6-. The van der Waals surface area contributed by atoms with Gasteiger partial charge >= 0.3 is 0 Å². The van der Waals surface area contributed by atoms with Crippen molar-refractivity contribution in [3.05, 3.63) is 57.7 Å². The number of aryl methyl sites for hydroxylation is 2. The smallest absolute Gasteiger partial charge is 0.235 e. The second kappa shape index (κ2) is 7.15. The molecule has 27 heavy (non-hydrogen) atoms. The Kier molecular flexibility index (Phi) is 4.90. The van der Waals surface area contributed by atoms with Gasteiger partial charge in [0.1, 0.15) is 17.4 Å². The average molecular weight is 367 g/mol. The van der Waals surface area contributed by atoms with Gasteiger partial charge in [0.2, 0.25) is 11.2 Å². The van der Waals surface area contributed by atoms with Crippen molar-refractivity contribution >= 4 is 16.9 Å². The Bertz CT molecular complexity index is 1060. The molecule has 0 amide bonds. The Morgan fingerprint density at radius 2 is 1.81 bits per heavy atom. The summed E-state index contributed by atoms with van der Waals surface area (Å²) in [6.07, 6.45) is -1.31. The van der Waals surface area contributed by atoms with E-state index < -0.39 is 17.5 Å². The first-order chi connectivity index (χ1) is 12.8. The summed E-state index contributed by atoms with van der Waals surface area (Å²) in [4.78, 5) is 24.2. The van der Waals surface area contributed by atoms with Gasteiger partial charge in [0.15, 0.2) is 5.76 Å². The highest BCUT2D eigenvalue weighted by molar-refractivity contribution is 5.85. The number of hydrogen-bond donors (Lipinski definition) is 0. The van der Waals surface area contributed by atoms with Gasteiger partial charge in [0.25, 0.3) is 0 Å². The lowest BCUT2D eigenvalue weighted by Gasteiger charge is -2.18. The minimum atomic E-state index is -1.42. The van der Waals surface area contributed by atoms with E-state index in [-0.39, 0.29) is 11.5 Å². The number of carboxylic acids is 1. The summed E-state index contributed by atoms with van der Waals surface area (Å²) in [6.45, 7) is 5.01. The summed E-state index contributed by atoms with van der Waals surface area (Å²) < 4.78 is 16.6. The van der Waals surface area contributed by atoms with E-state index in [0.717, 1.165) is 11.1 Å². The second-order valence-corrected chi connectivity index (χ2v) is 6.35. The van der Waals surface area contributed by atoms with Crippen LogP contribution in [-0.4, -0.2) is 19.2 Å². The van der Waals surface area contributed by atoms with Crippen molar-refractivity contribution in [3.8, 4) is 22.8 Å². The monoisotopic (exact) mass is 367 g/mol. The molecule has 3 rings (SSSR count). The number of fused-ring (bicyclic) bond motifs is 1. The van der Waals surface area contributed by atoms with E-state index in [9.17, 15) is 14.7 Å². The standard InChI is InChI=1S/C21H20O6/c1-11-9-12(2)17-16(10-11)27-19(14-5-7-15(25-4)8-6-14)20(18(17)22)26-13(3)21(23)24/h5-10,13H,1-4H3,(H,23,24)/p-1. The van der Waals surface area contributed by atoms with Crippen molar-refractivity contribution in [3.63, 3.8) is 0 Å². The number of benzene rings is 2. The summed E-state index contributed by atoms with van der Waals surface area (Å²) in [5.41, 5.74) is 2.23. The van der Waals surface area contributed by atoms with E-state index in [1.165, 1.54) is 6.92 Å². The number of ether oxygens (including phenoxy) is 2. The van der Waals surface area contributed by atoms with E-state index in [2.05, 4.69) is 0 Å². The first kappa shape index (κ1) is 18.5. The van der Waals surface area contributed by atoms with Crippen LogP contribution in [0.3, 0.4) is 0 Å². The number of carboxylic acid groups (broad SMARTS) is 1. The zero-order chi connectivity index (χ0) is 19.7. The predicted octanol–water partition coefficient (Wildman–Crippen LogP) is 2.60. The number of methoxy groups -OCH3 is 1. The van der Waals surface area contributed by atoms with Crippen LogP contribution in [0.25, 0.3) is 22.3 Å². The molecule has 1 unspecified atom stereocenters. The van der Waals surface area contributed by atoms with Gasteiger partial charge in [-0.3, -0.25) is 4.79 Å². The van der Waals surface area contributed by atoms with E-state index in [1.807, 2.05) is 13.0 Å². The van der Waals surface area contributed by atoms with Crippen LogP contribution in [0.4, 0.5) is 0 Å². The van der Waals surface area contributed by atoms with Crippen LogP contribution in [0.15, 0.2) is 45.6 Å². The summed E-state index contributed by atoms with van der Waals surface area (Å²) in [5.74, 6) is -0.778. The highest BCUT2D eigenvalue weighted by Gasteiger charge is 2.21. The Morgan fingerprint density at radius 3 is 2.41 bits per heavy atom. The first-order valence-electron chi connectivity index (χ1n) is 8.41. The largest absolute Gasteiger partial charge is 0.546 e. The lowest BCUT2D eigenvalue weighted by Crippen LogP contribution is -2.38. The molecule has 1 heterocycles. The molecule has 0 N–H and O–H groups in total. The Hall–Kier alpha value is -3.28. The number of hydrogen-bond acceptors (Lipinski definition) is 6. The zero-order valence-corrected chi connectivity index (χ0v) is 15.5. The molecule has 0 aliphatic carbocycles. The van der Waals surface area contributed by atoms with Gasteiger partial charge in [-0.15, -0.1) is 0 Å². The van der Waals surface area contributed by atoms with Crippen LogP contribution in [0.5, 0.6) is 11.5 Å². The lowest BCUT2D eigenvalue weighted by atomic mass is 10.0. The molecule has 6 heteroatoms. The maximum atomic E-state index is 13.1. The van der Waals surface area contributed by atoms with Gasteiger partial charge in [-0.2, -0.15) is 0 Å². The number of carbonyl (C=O) groups excluding carboxylic acids is 1. The Balaban J connectivity index is 2.31. The first-order valence-corrected chi connectivity index (χ1v) is 8.41. The Labute approximate surface area is 156 Å². The lowest BCUT2D eigenvalue weighted by molar-refractivity contribution is -0.312. The molecule has 0 saturated carbocycles. The van der Waals surface area contributed by atoms with Crippen LogP contribution in [-0.2, 0) is 4.79 Å². The molecule has 2 aromatic carbocycles. The second-order valence-electron chi connectivity index (χ2n) is 6.35. The fourth-order valence-corrected chi connectivity index (χ4v) is 2.94. The summed E-state index contributed by atoms with van der Waals surface area (Å²) in [5, 5.41) is 11.5. The van der Waals surface area contributed by atoms with E-state index in [0.29, 0.717) is 22.3 Å². The van der Waals surface area contributed by atoms with Crippen LogP contribution in [0.2, 0.25) is 0 Å². The highest BCUT2D eigenvalue weighted by atomic mass is 16.5. The molecule has 0 fully saturated rings. The fraction of sp³-hybridized carbons (Fsp3) is 0.238. The number of aliphatic carboxylic acids is 1. The van der Waals surface area contributed by atoms with Gasteiger partial charge < -0.3 is 23.8 Å². The van der Waals surface area contributed by atoms with Crippen LogP contribution >= 0.6 is 0 Å². The molecule has 0 saturated heterocycles. The summed E-state index contributed by atoms with van der Waals surface area (Å²) in [6, 6.07) is 10.5. The maximum Gasteiger partial charge on any atom is 0.235 e. The predicted molar refractivity (Wildman–Crippen MR) is 99.0 cm³/mol. The fourth-order valence-electron chi connectivity index (χ4n) is 2.94. The van der Waals surface area contributed by atoms with E-state index >= 15 is 0 Å². The Morgan fingerprint density at radius 1 is 1.15 bits per heavy atom. The third-order valence-corrected chi connectivity index (χ3v) is 4.27. The molecule has 1 aromatic heterocycles. The third-order valence-electron chi connectivity index (χ3n) is 4.27. The molecule has 0 aliphatic heterocycles. The highest BCUT2D eigenvalue weighted by Crippen LogP contribution is 2.33. The molecule has 6 nitrogen and oxygen atoms in total. The molecule has 0 radical (unpaired) electrons. The third kappa shape index (κ3) is 3.51. The number of carbonyl (C=O) groups is 1. The molecule has 1 atom stereocenters. The van der Waals surface area contributed by atoms with Gasteiger partial charge in [-0.05, 0) is 62.2 Å². The van der Waals surface area contributed by atoms with Crippen molar-refractivity contribution in [2.45, 2.75) is 26.9 Å². The van der Waals surface area contributed by atoms with Crippen LogP contribution in [0.1, 0.15) is 18.1 Å². The van der Waals surface area contributed by atoms with Gasteiger partial charge in [-0.1, -0.05) is 6.07 Å². The molecule has 3 aromatic rings. The van der Waals surface area contributed by atoms with Gasteiger partial charge in [0, 0.05) is 5.56 Å². The summed E-state index contributed by atoms with van der Waals surface area (Å²) in [7, 11) is 1.55. The van der Waals surface area contributed by atoms with E-state index in [1.54, 1.807) is 44.4 Å². The minimum Gasteiger partial charge on any atom is -0.546 e. The van der Waals surface area contributed by atoms with Gasteiger partial charge in [-0.25, -0.2) is 0 Å². The van der Waals surface area contributed by atoms with Crippen molar-refractivity contribution in [1.29, 1.82) is 0 Å². The minimum absolute atomic E-state index is 0.156. The molecule has 0 spiro atoms.